The molecule has 23 nitrogen and oxygen atoms in total. The van der Waals surface area contributed by atoms with Crippen molar-refractivity contribution in [2.45, 2.75) is 20.8 Å². The van der Waals surface area contributed by atoms with Crippen molar-refractivity contribution in [2.24, 2.45) is 5.92 Å². The number of rotatable bonds is 65. The second kappa shape index (κ2) is 64.7. The second-order valence-corrected chi connectivity index (χ2v) is 15.0. The van der Waals surface area contributed by atoms with Gasteiger partial charge in [0.25, 0.3) is 0 Å². The summed E-state index contributed by atoms with van der Waals surface area (Å²) in [6.07, 6.45) is 0. The highest BCUT2D eigenvalue weighted by molar-refractivity contribution is 5.70. The summed E-state index contributed by atoms with van der Waals surface area (Å²) in [5, 5.41) is 0. The monoisotopic (exact) mass is 1040 g/mol. The van der Waals surface area contributed by atoms with Crippen LogP contribution in [0.5, 0.6) is 0 Å². The van der Waals surface area contributed by atoms with Crippen LogP contribution in [0, 0.1) is 5.92 Å². The highest BCUT2D eigenvalue weighted by Gasteiger charge is 2.05. The van der Waals surface area contributed by atoms with Crippen LogP contribution >= 0.6 is 0 Å². The van der Waals surface area contributed by atoms with Crippen molar-refractivity contribution < 1.29 is 109 Å². The van der Waals surface area contributed by atoms with Crippen LogP contribution in [-0.2, 0) is 109 Å². The Kier molecular flexibility index (Phi) is 63.5. The predicted octanol–water partition coefficient (Wildman–Crippen LogP) is 1.55. The SMILES string of the molecule is CCOCCOCCOCCOCCOCCOCCOCCOCCOCCOCCOCCOCCOCCOCCOCCOCCOCCOCCOCCOCCOCC(=O)OCC(C)C. The summed E-state index contributed by atoms with van der Waals surface area (Å²) in [6.45, 7) is 26.5. The van der Waals surface area contributed by atoms with Gasteiger partial charge in [0.05, 0.1) is 271 Å². The van der Waals surface area contributed by atoms with Crippen molar-refractivity contribution in [1.29, 1.82) is 0 Å². The first-order valence-corrected chi connectivity index (χ1v) is 25.4. The zero-order valence-electron chi connectivity index (χ0n) is 43.9. The van der Waals surface area contributed by atoms with E-state index in [0.717, 1.165) is 0 Å². The Bertz CT molecular complexity index is 978. The third-order valence-electron chi connectivity index (χ3n) is 8.44. The summed E-state index contributed by atoms with van der Waals surface area (Å²) in [5.74, 6) is -0.0606. The van der Waals surface area contributed by atoms with Gasteiger partial charge in [-0.1, -0.05) is 13.8 Å². The molecule has 0 aliphatic heterocycles. The van der Waals surface area contributed by atoms with E-state index >= 15 is 0 Å². The Morgan fingerprint density at radius 1 is 0.239 bits per heavy atom. The van der Waals surface area contributed by atoms with Gasteiger partial charge in [0.1, 0.15) is 6.61 Å². The van der Waals surface area contributed by atoms with Gasteiger partial charge in [-0.2, -0.15) is 0 Å². The van der Waals surface area contributed by atoms with Crippen molar-refractivity contribution in [3.63, 3.8) is 0 Å². The lowest BCUT2D eigenvalue weighted by molar-refractivity contribution is -0.150. The van der Waals surface area contributed by atoms with Crippen LogP contribution in [0.2, 0.25) is 0 Å². The average molecular weight is 1040 g/mol. The summed E-state index contributed by atoms with van der Waals surface area (Å²) in [7, 11) is 0. The maximum absolute atomic E-state index is 11.4. The molecule has 0 rings (SSSR count). The van der Waals surface area contributed by atoms with Gasteiger partial charge in [-0.3, -0.25) is 0 Å². The van der Waals surface area contributed by atoms with E-state index in [-0.39, 0.29) is 12.6 Å². The smallest absolute Gasteiger partial charge is 0.332 e. The van der Waals surface area contributed by atoms with Crippen LogP contribution in [0.1, 0.15) is 20.8 Å². The molecule has 0 aliphatic rings. The van der Waals surface area contributed by atoms with Crippen molar-refractivity contribution in [2.75, 3.05) is 284 Å². The van der Waals surface area contributed by atoms with Crippen LogP contribution in [0.4, 0.5) is 0 Å². The fourth-order valence-electron chi connectivity index (χ4n) is 4.90. The fraction of sp³-hybridized carbons (Fsp3) is 0.979. The number of ether oxygens (including phenoxy) is 22. The molecule has 0 aromatic rings. The summed E-state index contributed by atoms with van der Waals surface area (Å²) in [6, 6.07) is 0. The van der Waals surface area contributed by atoms with Crippen LogP contribution in [0.3, 0.4) is 0 Å². The third-order valence-corrected chi connectivity index (χ3v) is 8.44. The Hall–Kier alpha value is -1.37. The van der Waals surface area contributed by atoms with E-state index < -0.39 is 0 Å². The molecule has 0 saturated heterocycles. The normalized spacial score (nSPS) is 11.7. The maximum atomic E-state index is 11.4. The minimum absolute atomic E-state index is 0.0666. The minimum Gasteiger partial charge on any atom is -0.464 e. The number of hydrogen-bond acceptors (Lipinski definition) is 23. The summed E-state index contributed by atoms with van der Waals surface area (Å²) in [5.41, 5.74) is 0. The Morgan fingerprint density at radius 3 is 0.521 bits per heavy atom. The molecule has 0 amide bonds. The molecule has 0 saturated carbocycles. The molecule has 0 aromatic heterocycles. The highest BCUT2D eigenvalue weighted by atomic mass is 16.6. The van der Waals surface area contributed by atoms with Crippen LogP contribution in [0.15, 0.2) is 0 Å². The first kappa shape index (κ1) is 69.6. The van der Waals surface area contributed by atoms with Crippen molar-refractivity contribution in [3.05, 3.63) is 0 Å². The van der Waals surface area contributed by atoms with Crippen LogP contribution in [0.25, 0.3) is 0 Å². The fourth-order valence-corrected chi connectivity index (χ4v) is 4.90. The molecule has 0 heterocycles. The Balaban J connectivity index is 3.09. The molecule has 0 radical (unpaired) electrons. The Labute approximate surface area is 425 Å². The summed E-state index contributed by atoms with van der Waals surface area (Å²) >= 11 is 0. The number of esters is 1. The van der Waals surface area contributed by atoms with E-state index in [1.165, 1.54) is 0 Å². The third kappa shape index (κ3) is 66.6. The maximum Gasteiger partial charge on any atom is 0.332 e. The zero-order valence-corrected chi connectivity index (χ0v) is 43.9. The molecule has 0 aromatic carbocycles. The van der Waals surface area contributed by atoms with Gasteiger partial charge in [-0.05, 0) is 12.8 Å². The average Bonchev–Trinajstić information content (AvgIpc) is 3.37. The van der Waals surface area contributed by atoms with E-state index in [1.807, 2.05) is 20.8 Å². The van der Waals surface area contributed by atoms with E-state index in [9.17, 15) is 4.79 Å². The largest absolute Gasteiger partial charge is 0.464 e. The molecular formula is C48H96O23. The van der Waals surface area contributed by atoms with Gasteiger partial charge in [0.15, 0.2) is 0 Å². The summed E-state index contributed by atoms with van der Waals surface area (Å²) in [4.78, 5) is 11.4. The molecular weight excluding hydrogens is 945 g/mol. The van der Waals surface area contributed by atoms with Crippen molar-refractivity contribution in [3.8, 4) is 0 Å². The van der Waals surface area contributed by atoms with E-state index in [1.54, 1.807) is 0 Å². The predicted molar refractivity (Wildman–Crippen MR) is 259 cm³/mol. The second-order valence-electron chi connectivity index (χ2n) is 15.0. The molecule has 23 heteroatoms. The van der Waals surface area contributed by atoms with Gasteiger partial charge in [-0.15, -0.1) is 0 Å². The number of hydrogen-bond donors (Lipinski definition) is 0. The molecule has 0 N–H and O–H groups in total. The highest BCUT2D eigenvalue weighted by Crippen LogP contribution is 1.94. The van der Waals surface area contributed by atoms with E-state index in [4.69, 9.17) is 104 Å². The van der Waals surface area contributed by atoms with Gasteiger partial charge >= 0.3 is 5.97 Å². The first-order valence-electron chi connectivity index (χ1n) is 25.4. The van der Waals surface area contributed by atoms with Crippen molar-refractivity contribution >= 4 is 5.97 Å². The Morgan fingerprint density at radius 2 is 0.380 bits per heavy atom. The zero-order chi connectivity index (χ0) is 51.1. The van der Waals surface area contributed by atoms with Gasteiger partial charge in [0, 0.05) is 6.61 Å². The van der Waals surface area contributed by atoms with Crippen LogP contribution in [-0.4, -0.2) is 290 Å². The summed E-state index contributed by atoms with van der Waals surface area (Å²) < 4.78 is 120. The first-order chi connectivity index (χ1) is 35.2. The van der Waals surface area contributed by atoms with Gasteiger partial charge in [0.2, 0.25) is 0 Å². The van der Waals surface area contributed by atoms with Crippen LogP contribution < -0.4 is 0 Å². The lowest BCUT2D eigenvalue weighted by Crippen LogP contribution is -2.18. The van der Waals surface area contributed by atoms with E-state index in [0.29, 0.717) is 283 Å². The standard InChI is InChI=1S/C48H96O23/c1-4-50-5-6-51-7-8-52-9-10-53-11-12-54-13-14-55-15-16-56-17-18-57-19-20-58-21-22-59-23-24-60-25-26-61-27-28-62-29-30-63-31-32-64-33-34-65-35-36-66-37-38-67-39-40-68-41-42-69-43-44-70-46-48(49)71-45-47(2)3/h47H,4-46H2,1-3H3. The lowest BCUT2D eigenvalue weighted by Gasteiger charge is -2.09. The van der Waals surface area contributed by atoms with E-state index in [2.05, 4.69) is 0 Å². The number of carbonyl (C=O) groups is 1. The quantitative estimate of drug-likeness (QED) is 0.0623. The molecule has 0 atom stereocenters. The topological polar surface area (TPSA) is 220 Å². The molecule has 426 valence electrons. The molecule has 0 aliphatic carbocycles. The molecule has 0 fully saturated rings. The van der Waals surface area contributed by atoms with Gasteiger partial charge in [-0.25, -0.2) is 4.79 Å². The molecule has 0 spiro atoms. The lowest BCUT2D eigenvalue weighted by atomic mass is 10.2. The number of carbonyl (C=O) groups excluding carboxylic acids is 1. The molecule has 0 bridgehead atoms. The van der Waals surface area contributed by atoms with Crippen molar-refractivity contribution in [1.82, 2.24) is 0 Å². The minimum atomic E-state index is -0.363. The molecule has 0 unspecified atom stereocenters. The van der Waals surface area contributed by atoms with Gasteiger partial charge < -0.3 is 104 Å². The molecule has 71 heavy (non-hydrogen) atoms.